The highest BCUT2D eigenvalue weighted by Gasteiger charge is 2.20. The first-order valence-electron chi connectivity index (χ1n) is 5.52. The number of alkyl carbamates (subject to hydrolysis) is 1. The molecule has 1 aromatic carbocycles. The SMILES string of the molecule is CNC(=O)OCC(C)(C)Cc1cccc(Cl)c1. The fourth-order valence-electron chi connectivity index (χ4n) is 1.58. The molecule has 0 radical (unpaired) electrons. The Labute approximate surface area is 107 Å². The van der Waals surface area contributed by atoms with E-state index in [0.717, 1.165) is 17.0 Å². The monoisotopic (exact) mass is 255 g/mol. The zero-order chi connectivity index (χ0) is 12.9. The Morgan fingerprint density at radius 1 is 1.47 bits per heavy atom. The quantitative estimate of drug-likeness (QED) is 0.897. The number of carbonyl (C=O) groups is 1. The lowest BCUT2D eigenvalue weighted by Gasteiger charge is -2.24. The van der Waals surface area contributed by atoms with Crippen LogP contribution in [0.25, 0.3) is 0 Å². The summed E-state index contributed by atoms with van der Waals surface area (Å²) < 4.78 is 5.08. The molecule has 0 aromatic heterocycles. The van der Waals surface area contributed by atoms with Crippen LogP contribution in [0.5, 0.6) is 0 Å². The van der Waals surface area contributed by atoms with Crippen LogP contribution >= 0.6 is 11.6 Å². The molecule has 4 heteroatoms. The molecule has 0 atom stereocenters. The van der Waals surface area contributed by atoms with Crippen molar-refractivity contribution in [2.45, 2.75) is 20.3 Å². The lowest BCUT2D eigenvalue weighted by molar-refractivity contribution is 0.100. The third-order valence-electron chi connectivity index (χ3n) is 2.37. The molecular weight excluding hydrogens is 238 g/mol. The molecule has 94 valence electrons. The number of halogens is 1. The van der Waals surface area contributed by atoms with Crippen LogP contribution in [-0.4, -0.2) is 19.7 Å². The Morgan fingerprint density at radius 3 is 2.76 bits per heavy atom. The molecule has 0 aliphatic heterocycles. The van der Waals surface area contributed by atoms with Gasteiger partial charge >= 0.3 is 6.09 Å². The van der Waals surface area contributed by atoms with E-state index in [9.17, 15) is 4.79 Å². The second kappa shape index (κ2) is 5.92. The molecule has 0 aliphatic rings. The van der Waals surface area contributed by atoms with Gasteiger partial charge in [-0.2, -0.15) is 0 Å². The molecule has 1 amide bonds. The van der Waals surface area contributed by atoms with Gasteiger partial charge in [0.15, 0.2) is 0 Å². The predicted octanol–water partition coefficient (Wildman–Crippen LogP) is 3.26. The highest BCUT2D eigenvalue weighted by molar-refractivity contribution is 6.30. The number of nitrogens with one attached hydrogen (secondary N) is 1. The summed E-state index contributed by atoms with van der Waals surface area (Å²) in [6.45, 7) is 4.48. The molecule has 17 heavy (non-hydrogen) atoms. The Morgan fingerprint density at radius 2 is 2.18 bits per heavy atom. The van der Waals surface area contributed by atoms with Crippen molar-refractivity contribution < 1.29 is 9.53 Å². The van der Waals surface area contributed by atoms with E-state index in [1.807, 2.05) is 24.3 Å². The van der Waals surface area contributed by atoms with Crippen LogP contribution in [-0.2, 0) is 11.2 Å². The van der Waals surface area contributed by atoms with Crippen molar-refractivity contribution in [3.05, 3.63) is 34.9 Å². The molecule has 0 unspecified atom stereocenters. The average Bonchev–Trinajstić information content (AvgIpc) is 2.25. The van der Waals surface area contributed by atoms with Gasteiger partial charge in [0.2, 0.25) is 0 Å². The van der Waals surface area contributed by atoms with Gasteiger partial charge in [-0.1, -0.05) is 37.6 Å². The molecule has 1 N–H and O–H groups in total. The normalized spacial score (nSPS) is 11.1. The fraction of sp³-hybridized carbons (Fsp3) is 0.462. The highest BCUT2D eigenvalue weighted by Crippen LogP contribution is 2.23. The minimum Gasteiger partial charge on any atom is -0.449 e. The topological polar surface area (TPSA) is 38.3 Å². The van der Waals surface area contributed by atoms with E-state index in [1.165, 1.54) is 0 Å². The molecule has 0 spiro atoms. The Kier molecular flexibility index (Phi) is 4.82. The van der Waals surface area contributed by atoms with Crippen LogP contribution in [0.15, 0.2) is 24.3 Å². The zero-order valence-corrected chi connectivity index (χ0v) is 11.2. The van der Waals surface area contributed by atoms with Gasteiger partial charge in [0, 0.05) is 17.5 Å². The lowest BCUT2D eigenvalue weighted by atomic mass is 9.87. The van der Waals surface area contributed by atoms with Gasteiger partial charge < -0.3 is 10.1 Å². The van der Waals surface area contributed by atoms with Gasteiger partial charge in [0.05, 0.1) is 6.61 Å². The first-order chi connectivity index (χ1) is 7.93. The third-order valence-corrected chi connectivity index (χ3v) is 2.60. The molecule has 3 nitrogen and oxygen atoms in total. The summed E-state index contributed by atoms with van der Waals surface area (Å²) in [6, 6.07) is 7.73. The van der Waals surface area contributed by atoms with Gasteiger partial charge in [0.1, 0.15) is 0 Å². The van der Waals surface area contributed by atoms with E-state index in [0.29, 0.717) is 6.61 Å². The largest absolute Gasteiger partial charge is 0.449 e. The second-order valence-electron chi connectivity index (χ2n) is 4.80. The molecule has 1 aromatic rings. The van der Waals surface area contributed by atoms with Crippen LogP contribution in [0.3, 0.4) is 0 Å². The summed E-state index contributed by atoms with van der Waals surface area (Å²) in [4.78, 5) is 11.0. The molecule has 0 fully saturated rings. The second-order valence-corrected chi connectivity index (χ2v) is 5.23. The molecule has 0 saturated heterocycles. The minimum atomic E-state index is -0.399. The van der Waals surface area contributed by atoms with Crippen molar-refractivity contribution in [2.75, 3.05) is 13.7 Å². The molecule has 0 bridgehead atoms. The smallest absolute Gasteiger partial charge is 0.406 e. The number of amides is 1. The Hall–Kier alpha value is -1.22. The van der Waals surface area contributed by atoms with E-state index in [1.54, 1.807) is 7.05 Å². The van der Waals surface area contributed by atoms with Crippen molar-refractivity contribution >= 4 is 17.7 Å². The molecule has 1 rings (SSSR count). The number of ether oxygens (including phenoxy) is 1. The lowest BCUT2D eigenvalue weighted by Crippen LogP contribution is -2.28. The minimum absolute atomic E-state index is 0.114. The van der Waals surface area contributed by atoms with E-state index in [-0.39, 0.29) is 5.41 Å². The number of hydrogen-bond acceptors (Lipinski definition) is 2. The molecule has 0 heterocycles. The third kappa shape index (κ3) is 5.09. The summed E-state index contributed by atoms with van der Waals surface area (Å²) in [5.41, 5.74) is 1.03. The first-order valence-corrected chi connectivity index (χ1v) is 5.90. The summed E-state index contributed by atoms with van der Waals surface area (Å²) in [5.74, 6) is 0. The van der Waals surface area contributed by atoms with E-state index in [2.05, 4.69) is 19.2 Å². The van der Waals surface area contributed by atoms with Crippen LogP contribution in [0.1, 0.15) is 19.4 Å². The van der Waals surface area contributed by atoms with Gasteiger partial charge in [-0.05, 0) is 24.1 Å². The maximum absolute atomic E-state index is 11.0. The van der Waals surface area contributed by atoms with E-state index >= 15 is 0 Å². The van der Waals surface area contributed by atoms with Crippen molar-refractivity contribution in [2.24, 2.45) is 5.41 Å². The average molecular weight is 256 g/mol. The molecule has 0 aliphatic carbocycles. The van der Waals surface area contributed by atoms with Crippen molar-refractivity contribution in [1.29, 1.82) is 0 Å². The predicted molar refractivity (Wildman–Crippen MR) is 69.3 cm³/mol. The van der Waals surface area contributed by atoms with E-state index < -0.39 is 6.09 Å². The zero-order valence-electron chi connectivity index (χ0n) is 10.4. The van der Waals surface area contributed by atoms with Crippen LogP contribution in [0, 0.1) is 5.41 Å². The van der Waals surface area contributed by atoms with Crippen molar-refractivity contribution in [1.82, 2.24) is 5.32 Å². The molecular formula is C13H18ClNO2. The van der Waals surface area contributed by atoms with Gasteiger partial charge in [-0.25, -0.2) is 4.79 Å². The van der Waals surface area contributed by atoms with Gasteiger partial charge in [-0.15, -0.1) is 0 Å². The Balaban J connectivity index is 2.56. The van der Waals surface area contributed by atoms with E-state index in [4.69, 9.17) is 16.3 Å². The molecule has 0 saturated carbocycles. The maximum Gasteiger partial charge on any atom is 0.406 e. The summed E-state index contributed by atoms with van der Waals surface area (Å²) in [7, 11) is 1.55. The summed E-state index contributed by atoms with van der Waals surface area (Å²) in [5, 5.41) is 3.16. The number of hydrogen-bond donors (Lipinski definition) is 1. The highest BCUT2D eigenvalue weighted by atomic mass is 35.5. The number of carbonyl (C=O) groups excluding carboxylic acids is 1. The standard InChI is InChI=1S/C13H18ClNO2/c1-13(2,9-17-12(16)15-3)8-10-5-4-6-11(14)7-10/h4-7H,8-9H2,1-3H3,(H,15,16). The first kappa shape index (κ1) is 13.8. The number of rotatable bonds is 4. The van der Waals surface area contributed by atoms with Crippen LogP contribution < -0.4 is 5.32 Å². The maximum atomic E-state index is 11.0. The Bertz CT molecular complexity index is 391. The summed E-state index contributed by atoms with van der Waals surface area (Å²) in [6.07, 6.45) is 0.411. The summed E-state index contributed by atoms with van der Waals surface area (Å²) >= 11 is 5.93. The van der Waals surface area contributed by atoms with Crippen molar-refractivity contribution in [3.8, 4) is 0 Å². The van der Waals surface area contributed by atoms with Crippen LogP contribution in [0.2, 0.25) is 5.02 Å². The van der Waals surface area contributed by atoms with Gasteiger partial charge in [0.25, 0.3) is 0 Å². The van der Waals surface area contributed by atoms with Gasteiger partial charge in [-0.3, -0.25) is 0 Å². The van der Waals surface area contributed by atoms with Crippen LogP contribution in [0.4, 0.5) is 4.79 Å². The number of benzene rings is 1. The van der Waals surface area contributed by atoms with Crippen molar-refractivity contribution in [3.63, 3.8) is 0 Å². The fourth-order valence-corrected chi connectivity index (χ4v) is 1.80.